The van der Waals surface area contributed by atoms with Gasteiger partial charge in [0.05, 0.1) is 12.1 Å². The third-order valence-electron chi connectivity index (χ3n) is 4.57. The van der Waals surface area contributed by atoms with Gasteiger partial charge in [-0.25, -0.2) is 14.4 Å². The van der Waals surface area contributed by atoms with Crippen LogP contribution in [0.3, 0.4) is 0 Å². The first-order chi connectivity index (χ1) is 14.2. The van der Waals surface area contributed by atoms with Gasteiger partial charge in [0, 0.05) is 24.0 Å². The van der Waals surface area contributed by atoms with E-state index >= 15 is 0 Å². The number of aromatic nitrogens is 4. The van der Waals surface area contributed by atoms with E-state index in [4.69, 9.17) is 9.72 Å². The summed E-state index contributed by atoms with van der Waals surface area (Å²) in [7, 11) is 0. The van der Waals surface area contributed by atoms with Gasteiger partial charge in [-0.2, -0.15) is 5.10 Å². The Kier molecular flexibility index (Phi) is 5.76. The third-order valence-corrected chi connectivity index (χ3v) is 4.57. The van der Waals surface area contributed by atoms with Crippen molar-refractivity contribution in [2.75, 3.05) is 6.54 Å². The van der Waals surface area contributed by atoms with E-state index in [-0.39, 0.29) is 12.4 Å². The fourth-order valence-corrected chi connectivity index (χ4v) is 3.12. The molecule has 0 spiro atoms. The monoisotopic (exact) mass is 391 g/mol. The molecular formula is C22H22FN5O. The Hall–Kier alpha value is -3.32. The van der Waals surface area contributed by atoms with Crippen molar-refractivity contribution >= 4 is 10.9 Å². The zero-order valence-electron chi connectivity index (χ0n) is 16.2. The van der Waals surface area contributed by atoms with E-state index in [1.54, 1.807) is 17.1 Å². The first-order valence-electron chi connectivity index (χ1n) is 9.48. The number of aryl methyl sites for hydroxylation is 1. The molecule has 0 bridgehead atoms. The highest BCUT2D eigenvalue weighted by molar-refractivity contribution is 5.80. The normalized spacial score (nSPS) is 11.1. The number of hydrogen-bond acceptors (Lipinski definition) is 5. The van der Waals surface area contributed by atoms with E-state index in [0.717, 1.165) is 35.1 Å². The molecule has 2 aromatic carbocycles. The van der Waals surface area contributed by atoms with Gasteiger partial charge in [-0.05, 0) is 42.8 Å². The number of benzene rings is 2. The predicted octanol–water partition coefficient (Wildman–Crippen LogP) is 3.64. The second kappa shape index (κ2) is 8.79. The van der Waals surface area contributed by atoms with Gasteiger partial charge in [0.1, 0.15) is 25.1 Å². The van der Waals surface area contributed by atoms with Gasteiger partial charge in [0.25, 0.3) is 0 Å². The second-order valence-corrected chi connectivity index (χ2v) is 6.90. The Bertz CT molecular complexity index is 1100. The number of ether oxygens (including phenoxy) is 1. The van der Waals surface area contributed by atoms with Crippen molar-refractivity contribution < 1.29 is 9.13 Å². The van der Waals surface area contributed by atoms with Crippen LogP contribution in [0.5, 0.6) is 5.88 Å². The van der Waals surface area contributed by atoms with Gasteiger partial charge in [-0.3, -0.25) is 4.68 Å². The van der Waals surface area contributed by atoms with Crippen LogP contribution in [0.15, 0.2) is 61.2 Å². The van der Waals surface area contributed by atoms with Crippen molar-refractivity contribution in [2.45, 2.75) is 26.6 Å². The minimum absolute atomic E-state index is 0.258. The summed E-state index contributed by atoms with van der Waals surface area (Å²) in [5, 5.41) is 8.56. The molecule has 0 aliphatic rings. The summed E-state index contributed by atoms with van der Waals surface area (Å²) < 4.78 is 21.2. The molecule has 4 rings (SSSR count). The van der Waals surface area contributed by atoms with E-state index in [9.17, 15) is 4.39 Å². The molecule has 0 aliphatic carbocycles. The van der Waals surface area contributed by atoms with Gasteiger partial charge in [0.2, 0.25) is 5.88 Å². The molecule has 0 radical (unpaired) electrons. The van der Waals surface area contributed by atoms with E-state index < -0.39 is 0 Å². The lowest BCUT2D eigenvalue weighted by Crippen LogP contribution is -2.20. The quantitative estimate of drug-likeness (QED) is 0.465. The molecule has 0 atom stereocenters. The fourth-order valence-electron chi connectivity index (χ4n) is 3.12. The summed E-state index contributed by atoms with van der Waals surface area (Å²) >= 11 is 0. The average molecular weight is 391 g/mol. The molecule has 29 heavy (non-hydrogen) atoms. The van der Waals surface area contributed by atoms with Crippen molar-refractivity contribution in [3.8, 4) is 5.88 Å². The zero-order valence-corrected chi connectivity index (χ0v) is 16.2. The standard InChI is InChI=1S/C22H22FN5O/c1-16-5-6-21-18(9-16)11-19(12-24-7-8-28-15-25-14-26-28)22(27-21)29-13-17-3-2-4-20(23)10-17/h2-6,9-11,14-15,24H,7-8,12-13H2,1H3. The topological polar surface area (TPSA) is 64.9 Å². The molecule has 0 saturated carbocycles. The summed E-state index contributed by atoms with van der Waals surface area (Å²) in [6.07, 6.45) is 3.21. The molecule has 6 nitrogen and oxygen atoms in total. The van der Waals surface area contributed by atoms with Gasteiger partial charge in [0.15, 0.2) is 0 Å². The number of halogens is 1. The molecule has 7 heteroatoms. The largest absolute Gasteiger partial charge is 0.473 e. The molecule has 0 unspecified atom stereocenters. The maximum absolute atomic E-state index is 13.4. The van der Waals surface area contributed by atoms with Crippen molar-refractivity contribution in [3.05, 3.63) is 83.7 Å². The summed E-state index contributed by atoms with van der Waals surface area (Å²) in [6, 6.07) is 14.6. The number of hydrogen-bond donors (Lipinski definition) is 1. The lowest BCUT2D eigenvalue weighted by atomic mass is 10.1. The highest BCUT2D eigenvalue weighted by Gasteiger charge is 2.10. The van der Waals surface area contributed by atoms with Gasteiger partial charge in [-0.1, -0.05) is 23.8 Å². The molecule has 0 fully saturated rings. The molecule has 2 heterocycles. The number of fused-ring (bicyclic) bond motifs is 1. The molecule has 0 aliphatic heterocycles. The van der Waals surface area contributed by atoms with Crippen LogP contribution in [0, 0.1) is 12.7 Å². The van der Waals surface area contributed by atoms with Crippen LogP contribution >= 0.6 is 0 Å². The predicted molar refractivity (Wildman–Crippen MR) is 109 cm³/mol. The molecule has 1 N–H and O–H groups in total. The van der Waals surface area contributed by atoms with Gasteiger partial charge in [-0.15, -0.1) is 0 Å². The summed E-state index contributed by atoms with van der Waals surface area (Å²) in [5.74, 6) is 0.280. The maximum Gasteiger partial charge on any atom is 0.218 e. The Labute approximate surface area is 168 Å². The van der Waals surface area contributed by atoms with E-state index in [0.29, 0.717) is 12.4 Å². The number of rotatable bonds is 8. The number of pyridine rings is 1. The maximum atomic E-state index is 13.4. The Balaban J connectivity index is 1.51. The first-order valence-corrected chi connectivity index (χ1v) is 9.48. The summed E-state index contributed by atoms with van der Waals surface area (Å²) in [4.78, 5) is 8.64. The molecule has 2 aromatic heterocycles. The van der Waals surface area contributed by atoms with Crippen LogP contribution in [0.2, 0.25) is 0 Å². The Morgan fingerprint density at radius 2 is 2.07 bits per heavy atom. The van der Waals surface area contributed by atoms with Crippen molar-refractivity contribution in [1.82, 2.24) is 25.1 Å². The van der Waals surface area contributed by atoms with Gasteiger partial charge < -0.3 is 10.1 Å². The highest BCUT2D eigenvalue weighted by Crippen LogP contribution is 2.24. The van der Waals surface area contributed by atoms with E-state index in [1.807, 2.05) is 18.2 Å². The minimum Gasteiger partial charge on any atom is -0.473 e. The van der Waals surface area contributed by atoms with E-state index in [2.05, 4.69) is 34.5 Å². The molecular weight excluding hydrogens is 369 g/mol. The fraction of sp³-hybridized carbons (Fsp3) is 0.227. The highest BCUT2D eigenvalue weighted by atomic mass is 19.1. The second-order valence-electron chi connectivity index (χ2n) is 6.90. The van der Waals surface area contributed by atoms with Crippen molar-refractivity contribution in [3.63, 3.8) is 0 Å². The SMILES string of the molecule is Cc1ccc2nc(OCc3cccc(F)c3)c(CNCCn3cncn3)cc2c1. The van der Waals surface area contributed by atoms with Crippen molar-refractivity contribution in [1.29, 1.82) is 0 Å². The van der Waals surface area contributed by atoms with Crippen LogP contribution in [0.25, 0.3) is 10.9 Å². The Morgan fingerprint density at radius 1 is 1.14 bits per heavy atom. The van der Waals surface area contributed by atoms with E-state index in [1.165, 1.54) is 24.0 Å². The smallest absolute Gasteiger partial charge is 0.218 e. The minimum atomic E-state index is -0.275. The van der Waals surface area contributed by atoms with Crippen LogP contribution in [-0.2, 0) is 19.7 Å². The lowest BCUT2D eigenvalue weighted by Gasteiger charge is -2.13. The van der Waals surface area contributed by atoms with Gasteiger partial charge >= 0.3 is 0 Å². The molecule has 0 saturated heterocycles. The lowest BCUT2D eigenvalue weighted by molar-refractivity contribution is 0.290. The number of nitrogens with zero attached hydrogens (tertiary/aromatic N) is 4. The number of nitrogens with one attached hydrogen (secondary N) is 1. The van der Waals surface area contributed by atoms with Crippen LogP contribution in [0.4, 0.5) is 4.39 Å². The Morgan fingerprint density at radius 3 is 2.90 bits per heavy atom. The van der Waals surface area contributed by atoms with Crippen LogP contribution in [0.1, 0.15) is 16.7 Å². The molecule has 148 valence electrons. The summed E-state index contributed by atoms with van der Waals surface area (Å²) in [5.41, 5.74) is 3.77. The first kappa shape index (κ1) is 19.0. The molecule has 4 aromatic rings. The zero-order chi connectivity index (χ0) is 20.1. The van der Waals surface area contributed by atoms with Crippen molar-refractivity contribution in [2.24, 2.45) is 0 Å². The van der Waals surface area contributed by atoms with Crippen LogP contribution < -0.4 is 10.1 Å². The summed E-state index contributed by atoms with van der Waals surface area (Å²) in [6.45, 7) is 4.38. The molecule has 0 amide bonds. The third kappa shape index (κ3) is 4.94. The van der Waals surface area contributed by atoms with Crippen LogP contribution in [-0.4, -0.2) is 26.3 Å². The average Bonchev–Trinajstić information content (AvgIpc) is 3.23.